The van der Waals surface area contributed by atoms with Gasteiger partial charge in [-0.3, -0.25) is 4.79 Å². The molecule has 124 valence electrons. The Morgan fingerprint density at radius 2 is 1.91 bits per heavy atom. The number of carbonyl (C=O) groups is 1. The number of nitrogens with one attached hydrogen (secondary N) is 1. The molecule has 1 aromatic carbocycles. The van der Waals surface area contributed by atoms with E-state index < -0.39 is 0 Å². The molecule has 5 heteroatoms. The van der Waals surface area contributed by atoms with Gasteiger partial charge in [-0.05, 0) is 29.9 Å². The largest absolute Gasteiger partial charge is 0.301 e. The van der Waals surface area contributed by atoms with Crippen molar-refractivity contribution in [2.24, 2.45) is 0 Å². The average Bonchev–Trinajstić information content (AvgIpc) is 2.98. The molecule has 0 atom stereocenters. The molecule has 1 aromatic heterocycles. The van der Waals surface area contributed by atoms with Crippen molar-refractivity contribution in [2.75, 3.05) is 5.32 Å². The third-order valence-electron chi connectivity index (χ3n) is 3.74. The standard InChI is InChI=1S/C18H25N3OS/c1-4-5-6-17-20-21-18(23-17)19-16(22)12-9-14-7-10-15(11-8-14)13(2)3/h7-8,10-11,13H,4-6,9,12H2,1-3H3,(H,19,21,22). The molecule has 2 aromatic rings. The summed E-state index contributed by atoms with van der Waals surface area (Å²) in [5, 5.41) is 12.6. The molecule has 0 bridgehead atoms. The van der Waals surface area contributed by atoms with Crippen LogP contribution in [0.25, 0.3) is 0 Å². The minimum absolute atomic E-state index is 0.00359. The Balaban J connectivity index is 1.79. The maximum atomic E-state index is 12.0. The number of anilines is 1. The Hall–Kier alpha value is -1.75. The van der Waals surface area contributed by atoms with Gasteiger partial charge in [0.25, 0.3) is 0 Å². The van der Waals surface area contributed by atoms with Crippen LogP contribution in [0.3, 0.4) is 0 Å². The summed E-state index contributed by atoms with van der Waals surface area (Å²) in [6.07, 6.45) is 4.38. The lowest BCUT2D eigenvalue weighted by atomic mass is 10.0. The predicted octanol–water partition coefficient (Wildman–Crippen LogP) is 4.58. The predicted molar refractivity (Wildman–Crippen MR) is 96.0 cm³/mol. The number of rotatable bonds is 8. The van der Waals surface area contributed by atoms with Gasteiger partial charge >= 0.3 is 0 Å². The second kappa shape index (κ2) is 8.77. The van der Waals surface area contributed by atoms with E-state index in [2.05, 4.69) is 60.6 Å². The van der Waals surface area contributed by atoms with Crippen molar-refractivity contribution in [3.63, 3.8) is 0 Å². The molecule has 23 heavy (non-hydrogen) atoms. The number of hydrogen-bond donors (Lipinski definition) is 1. The molecule has 0 fully saturated rings. The van der Waals surface area contributed by atoms with E-state index in [4.69, 9.17) is 0 Å². The number of aryl methyl sites for hydroxylation is 2. The second-order valence-electron chi connectivity index (χ2n) is 6.05. The molecular weight excluding hydrogens is 306 g/mol. The fourth-order valence-corrected chi connectivity index (χ4v) is 3.04. The van der Waals surface area contributed by atoms with Gasteiger partial charge in [-0.2, -0.15) is 0 Å². The summed E-state index contributed by atoms with van der Waals surface area (Å²) in [5.41, 5.74) is 2.51. The van der Waals surface area contributed by atoms with Crippen molar-refractivity contribution < 1.29 is 4.79 Å². The molecule has 1 heterocycles. The summed E-state index contributed by atoms with van der Waals surface area (Å²) in [6, 6.07) is 8.50. The molecule has 0 aliphatic carbocycles. The zero-order chi connectivity index (χ0) is 16.7. The van der Waals surface area contributed by atoms with E-state index in [-0.39, 0.29) is 5.91 Å². The fraction of sp³-hybridized carbons (Fsp3) is 0.500. The highest BCUT2D eigenvalue weighted by Gasteiger charge is 2.08. The van der Waals surface area contributed by atoms with Crippen LogP contribution in [-0.2, 0) is 17.6 Å². The van der Waals surface area contributed by atoms with Gasteiger partial charge in [0.05, 0.1) is 0 Å². The Labute approximate surface area is 142 Å². The maximum Gasteiger partial charge on any atom is 0.226 e. The van der Waals surface area contributed by atoms with E-state index in [9.17, 15) is 4.79 Å². The Morgan fingerprint density at radius 1 is 1.17 bits per heavy atom. The van der Waals surface area contributed by atoms with Crippen LogP contribution >= 0.6 is 11.3 Å². The number of nitrogens with zero attached hydrogens (tertiary/aromatic N) is 2. The topological polar surface area (TPSA) is 54.9 Å². The molecule has 0 spiro atoms. The summed E-state index contributed by atoms with van der Waals surface area (Å²) in [7, 11) is 0. The highest BCUT2D eigenvalue weighted by Crippen LogP contribution is 2.18. The first kappa shape index (κ1) is 17.6. The Bertz CT molecular complexity index is 619. The third-order valence-corrected chi connectivity index (χ3v) is 4.64. The van der Waals surface area contributed by atoms with Crippen molar-refractivity contribution in [1.29, 1.82) is 0 Å². The number of hydrogen-bond acceptors (Lipinski definition) is 4. The van der Waals surface area contributed by atoms with Crippen LogP contribution in [0.1, 0.15) is 62.1 Å². The van der Waals surface area contributed by atoms with Gasteiger partial charge in [0.2, 0.25) is 11.0 Å². The first-order chi connectivity index (χ1) is 11.1. The van der Waals surface area contributed by atoms with E-state index in [0.29, 0.717) is 17.5 Å². The van der Waals surface area contributed by atoms with Gasteiger partial charge in [-0.15, -0.1) is 10.2 Å². The summed E-state index contributed by atoms with van der Waals surface area (Å²) in [4.78, 5) is 12.0. The van der Waals surface area contributed by atoms with Gasteiger partial charge < -0.3 is 5.32 Å². The summed E-state index contributed by atoms with van der Waals surface area (Å²) in [5.74, 6) is 0.530. The minimum Gasteiger partial charge on any atom is -0.301 e. The van der Waals surface area contributed by atoms with Crippen LogP contribution in [-0.4, -0.2) is 16.1 Å². The molecule has 4 nitrogen and oxygen atoms in total. The van der Waals surface area contributed by atoms with Crippen LogP contribution in [0.2, 0.25) is 0 Å². The molecular formula is C18H25N3OS. The van der Waals surface area contributed by atoms with E-state index >= 15 is 0 Å². The second-order valence-corrected chi connectivity index (χ2v) is 7.11. The molecule has 2 rings (SSSR count). The van der Waals surface area contributed by atoms with Crippen molar-refractivity contribution >= 4 is 22.4 Å². The lowest BCUT2D eigenvalue weighted by Crippen LogP contribution is -2.12. The lowest BCUT2D eigenvalue weighted by Gasteiger charge is -2.06. The minimum atomic E-state index is -0.00359. The highest BCUT2D eigenvalue weighted by atomic mass is 32.1. The maximum absolute atomic E-state index is 12.0. The molecule has 0 aliphatic rings. The van der Waals surface area contributed by atoms with Crippen LogP contribution < -0.4 is 5.32 Å². The number of aromatic nitrogens is 2. The molecule has 0 aliphatic heterocycles. The molecule has 0 saturated heterocycles. The zero-order valence-electron chi connectivity index (χ0n) is 14.1. The number of amides is 1. The molecule has 1 amide bonds. The quantitative estimate of drug-likeness (QED) is 0.770. The van der Waals surface area contributed by atoms with E-state index in [1.54, 1.807) is 0 Å². The molecule has 0 radical (unpaired) electrons. The highest BCUT2D eigenvalue weighted by molar-refractivity contribution is 7.15. The average molecular weight is 331 g/mol. The molecule has 0 saturated carbocycles. The number of unbranched alkanes of at least 4 members (excludes halogenated alkanes) is 1. The zero-order valence-corrected chi connectivity index (χ0v) is 14.9. The van der Waals surface area contributed by atoms with Crippen LogP contribution in [0, 0.1) is 0 Å². The summed E-state index contributed by atoms with van der Waals surface area (Å²) >= 11 is 1.47. The van der Waals surface area contributed by atoms with Gasteiger partial charge in [0, 0.05) is 12.8 Å². The van der Waals surface area contributed by atoms with Crippen molar-refractivity contribution in [3.8, 4) is 0 Å². The number of benzene rings is 1. The van der Waals surface area contributed by atoms with Crippen molar-refractivity contribution in [1.82, 2.24) is 10.2 Å². The normalized spacial score (nSPS) is 11.0. The fourth-order valence-electron chi connectivity index (χ4n) is 2.24. The van der Waals surface area contributed by atoms with E-state index in [1.165, 1.54) is 22.5 Å². The van der Waals surface area contributed by atoms with Crippen LogP contribution in [0.5, 0.6) is 0 Å². The monoisotopic (exact) mass is 331 g/mol. The van der Waals surface area contributed by atoms with Crippen LogP contribution in [0.4, 0.5) is 5.13 Å². The van der Waals surface area contributed by atoms with Gasteiger partial charge in [0.1, 0.15) is 5.01 Å². The van der Waals surface area contributed by atoms with Crippen molar-refractivity contribution in [2.45, 2.75) is 58.8 Å². The third kappa shape index (κ3) is 5.75. The number of carbonyl (C=O) groups excluding carboxylic acids is 1. The first-order valence-corrected chi connectivity index (χ1v) is 9.11. The van der Waals surface area contributed by atoms with Gasteiger partial charge in [0.15, 0.2) is 0 Å². The van der Waals surface area contributed by atoms with Crippen LogP contribution in [0.15, 0.2) is 24.3 Å². The summed E-state index contributed by atoms with van der Waals surface area (Å²) in [6.45, 7) is 6.51. The van der Waals surface area contributed by atoms with E-state index in [1.807, 2.05) is 0 Å². The Morgan fingerprint density at radius 3 is 2.57 bits per heavy atom. The first-order valence-electron chi connectivity index (χ1n) is 8.29. The van der Waals surface area contributed by atoms with Crippen molar-refractivity contribution in [3.05, 3.63) is 40.4 Å². The molecule has 0 unspecified atom stereocenters. The van der Waals surface area contributed by atoms with E-state index in [0.717, 1.165) is 30.7 Å². The SMILES string of the molecule is CCCCc1nnc(NC(=O)CCc2ccc(C(C)C)cc2)s1. The lowest BCUT2D eigenvalue weighted by molar-refractivity contribution is -0.116. The molecule has 1 N–H and O–H groups in total. The van der Waals surface area contributed by atoms with Gasteiger partial charge in [-0.25, -0.2) is 0 Å². The smallest absolute Gasteiger partial charge is 0.226 e. The summed E-state index contributed by atoms with van der Waals surface area (Å²) < 4.78 is 0. The van der Waals surface area contributed by atoms with Gasteiger partial charge in [-0.1, -0.05) is 62.8 Å². The Kier molecular flexibility index (Phi) is 6.71.